The Labute approximate surface area is 111 Å². The van der Waals surface area contributed by atoms with Crippen molar-refractivity contribution in [3.8, 4) is 0 Å². The van der Waals surface area contributed by atoms with E-state index in [-0.39, 0.29) is 12.2 Å². The second kappa shape index (κ2) is 6.33. The molecule has 1 rings (SSSR count). The first-order valence-electron chi connectivity index (χ1n) is 5.53. The number of carbonyl (C=O) groups is 2. The van der Waals surface area contributed by atoms with E-state index in [1.165, 1.54) is 7.05 Å². The van der Waals surface area contributed by atoms with Crippen molar-refractivity contribution in [1.82, 2.24) is 5.32 Å². The van der Waals surface area contributed by atoms with E-state index in [1.54, 1.807) is 24.3 Å². The van der Waals surface area contributed by atoms with Gasteiger partial charge in [0.2, 0.25) is 5.91 Å². The molecule has 7 heteroatoms. The zero-order valence-corrected chi connectivity index (χ0v) is 11.2. The third kappa shape index (κ3) is 5.52. The van der Waals surface area contributed by atoms with Crippen LogP contribution in [0.4, 0.5) is 0 Å². The first-order valence-corrected chi connectivity index (χ1v) is 7.35. The van der Waals surface area contributed by atoms with Crippen molar-refractivity contribution in [2.45, 2.75) is 12.2 Å². The summed E-state index contributed by atoms with van der Waals surface area (Å²) >= 11 is 0. The van der Waals surface area contributed by atoms with E-state index < -0.39 is 27.5 Å². The average Bonchev–Trinajstić information content (AvgIpc) is 2.30. The maximum atomic E-state index is 11.7. The highest BCUT2D eigenvalue weighted by Crippen LogP contribution is 2.09. The fraction of sp³-hybridized carbons (Fsp3) is 0.333. The number of carboxylic acid groups (broad SMARTS) is 1. The van der Waals surface area contributed by atoms with Gasteiger partial charge in [0, 0.05) is 7.05 Å². The van der Waals surface area contributed by atoms with Gasteiger partial charge < -0.3 is 10.4 Å². The Balaban J connectivity index is 2.72. The number of rotatable bonds is 6. The van der Waals surface area contributed by atoms with Gasteiger partial charge >= 0.3 is 5.97 Å². The molecular formula is C12H15NO5S. The lowest BCUT2D eigenvalue weighted by Gasteiger charge is -2.05. The molecule has 0 heterocycles. The summed E-state index contributed by atoms with van der Waals surface area (Å²) in [4.78, 5) is 21.5. The van der Waals surface area contributed by atoms with Crippen molar-refractivity contribution in [2.75, 3.05) is 12.8 Å². The number of hydrogen-bond acceptors (Lipinski definition) is 4. The number of carbonyl (C=O) groups excluding carboxylic acids is 1. The van der Waals surface area contributed by atoms with Crippen molar-refractivity contribution < 1.29 is 23.1 Å². The van der Waals surface area contributed by atoms with Crippen LogP contribution in [0, 0.1) is 0 Å². The highest BCUT2D eigenvalue weighted by atomic mass is 32.2. The van der Waals surface area contributed by atoms with Crippen LogP contribution in [-0.2, 0) is 31.6 Å². The minimum absolute atomic E-state index is 0.106. The highest BCUT2D eigenvalue weighted by Gasteiger charge is 2.16. The average molecular weight is 285 g/mol. The quantitative estimate of drug-likeness (QED) is 0.764. The lowest BCUT2D eigenvalue weighted by Crippen LogP contribution is -2.27. The molecule has 0 radical (unpaired) electrons. The second-order valence-electron chi connectivity index (χ2n) is 4.09. The standard InChI is InChI=1S/C12H15NO5S/c1-13-11(14)8-19(17,18)7-10-4-2-9(3-5-10)6-12(15)16/h2-5H,6-8H2,1H3,(H,13,14)(H,15,16). The zero-order valence-electron chi connectivity index (χ0n) is 10.4. The molecule has 104 valence electrons. The van der Waals surface area contributed by atoms with E-state index in [4.69, 9.17) is 5.11 Å². The van der Waals surface area contributed by atoms with E-state index in [1.807, 2.05) is 0 Å². The summed E-state index contributed by atoms with van der Waals surface area (Å²) in [5.74, 6) is -2.30. The smallest absolute Gasteiger partial charge is 0.307 e. The lowest BCUT2D eigenvalue weighted by molar-refractivity contribution is -0.136. The van der Waals surface area contributed by atoms with E-state index in [0.717, 1.165) is 0 Å². The van der Waals surface area contributed by atoms with Crippen LogP contribution in [0.25, 0.3) is 0 Å². The molecule has 6 nitrogen and oxygen atoms in total. The normalized spacial score (nSPS) is 11.0. The van der Waals surface area contributed by atoms with E-state index >= 15 is 0 Å². The topological polar surface area (TPSA) is 101 Å². The van der Waals surface area contributed by atoms with Crippen molar-refractivity contribution >= 4 is 21.7 Å². The Morgan fingerprint density at radius 2 is 1.68 bits per heavy atom. The number of aliphatic carboxylic acids is 1. The minimum Gasteiger partial charge on any atom is -0.481 e. The molecule has 2 N–H and O–H groups in total. The minimum atomic E-state index is -3.51. The van der Waals surface area contributed by atoms with Gasteiger partial charge in [-0.05, 0) is 11.1 Å². The fourth-order valence-electron chi connectivity index (χ4n) is 1.50. The number of carboxylic acids is 1. The van der Waals surface area contributed by atoms with Crippen LogP contribution in [0.3, 0.4) is 0 Å². The first kappa shape index (κ1) is 15.2. The van der Waals surface area contributed by atoms with Gasteiger partial charge in [-0.15, -0.1) is 0 Å². The summed E-state index contributed by atoms with van der Waals surface area (Å²) in [5.41, 5.74) is 1.12. The second-order valence-corrected chi connectivity index (χ2v) is 6.16. The van der Waals surface area contributed by atoms with Crippen molar-refractivity contribution in [2.24, 2.45) is 0 Å². The number of hydrogen-bond donors (Lipinski definition) is 2. The van der Waals surface area contributed by atoms with Gasteiger partial charge in [0.15, 0.2) is 9.84 Å². The Morgan fingerprint density at radius 3 is 2.16 bits per heavy atom. The molecule has 0 saturated carbocycles. The zero-order chi connectivity index (χ0) is 14.5. The van der Waals surface area contributed by atoms with Crippen LogP contribution in [0.15, 0.2) is 24.3 Å². The molecule has 19 heavy (non-hydrogen) atoms. The van der Waals surface area contributed by atoms with Crippen LogP contribution >= 0.6 is 0 Å². The van der Waals surface area contributed by atoms with Crippen LogP contribution in [0.2, 0.25) is 0 Å². The monoisotopic (exact) mass is 285 g/mol. The summed E-state index contributed by atoms with van der Waals surface area (Å²) in [6.45, 7) is 0. The number of sulfone groups is 1. The molecule has 0 spiro atoms. The van der Waals surface area contributed by atoms with Gasteiger partial charge in [0.05, 0.1) is 12.2 Å². The summed E-state index contributed by atoms with van der Waals surface area (Å²) in [5, 5.41) is 10.9. The predicted molar refractivity (Wildman–Crippen MR) is 69.3 cm³/mol. The molecule has 1 amide bonds. The van der Waals surface area contributed by atoms with E-state index in [9.17, 15) is 18.0 Å². The molecule has 0 aromatic heterocycles. The van der Waals surface area contributed by atoms with Crippen LogP contribution in [0.1, 0.15) is 11.1 Å². The number of amides is 1. The number of nitrogens with one attached hydrogen (secondary N) is 1. The number of benzene rings is 1. The molecule has 0 aliphatic rings. The molecule has 0 aliphatic carbocycles. The molecule has 0 atom stereocenters. The third-order valence-corrected chi connectivity index (χ3v) is 3.87. The Morgan fingerprint density at radius 1 is 1.16 bits per heavy atom. The first-order chi connectivity index (χ1) is 8.82. The van der Waals surface area contributed by atoms with Gasteiger partial charge in [0.25, 0.3) is 0 Å². The van der Waals surface area contributed by atoms with Crippen molar-refractivity contribution in [3.63, 3.8) is 0 Å². The predicted octanol–water partition coefficient (Wildman–Crippen LogP) is -0.0255. The molecule has 0 unspecified atom stereocenters. The maximum Gasteiger partial charge on any atom is 0.307 e. The van der Waals surface area contributed by atoms with Crippen LogP contribution < -0.4 is 5.32 Å². The lowest BCUT2D eigenvalue weighted by atomic mass is 10.1. The van der Waals surface area contributed by atoms with Gasteiger partial charge in [0.1, 0.15) is 5.75 Å². The molecule has 0 saturated heterocycles. The largest absolute Gasteiger partial charge is 0.481 e. The summed E-state index contributed by atoms with van der Waals surface area (Å²) in [7, 11) is -2.14. The van der Waals surface area contributed by atoms with Gasteiger partial charge in [-0.2, -0.15) is 0 Å². The van der Waals surface area contributed by atoms with Crippen molar-refractivity contribution in [3.05, 3.63) is 35.4 Å². The summed E-state index contributed by atoms with van der Waals surface area (Å²) < 4.78 is 23.4. The van der Waals surface area contributed by atoms with E-state index in [2.05, 4.69) is 5.32 Å². The molecule has 1 aromatic carbocycles. The molecule has 0 aliphatic heterocycles. The van der Waals surface area contributed by atoms with Crippen LogP contribution in [0.5, 0.6) is 0 Å². The van der Waals surface area contributed by atoms with Crippen LogP contribution in [-0.4, -0.2) is 38.2 Å². The fourth-order valence-corrected chi connectivity index (χ4v) is 2.85. The van der Waals surface area contributed by atoms with Crippen molar-refractivity contribution in [1.29, 1.82) is 0 Å². The maximum absolute atomic E-state index is 11.7. The van der Waals surface area contributed by atoms with E-state index in [0.29, 0.717) is 11.1 Å². The Hall–Kier alpha value is -1.89. The Bertz CT molecular complexity index is 562. The Kier molecular flexibility index (Phi) is 5.05. The van der Waals surface area contributed by atoms with Gasteiger partial charge in [-0.3, -0.25) is 9.59 Å². The molecule has 1 aromatic rings. The third-order valence-electron chi connectivity index (χ3n) is 2.39. The molecule has 0 bridgehead atoms. The van der Waals surface area contributed by atoms with Gasteiger partial charge in [-0.25, -0.2) is 8.42 Å². The molecular weight excluding hydrogens is 270 g/mol. The highest BCUT2D eigenvalue weighted by molar-refractivity contribution is 7.91. The SMILES string of the molecule is CNC(=O)CS(=O)(=O)Cc1ccc(CC(=O)O)cc1. The molecule has 0 fully saturated rings. The summed E-state index contributed by atoms with van der Waals surface area (Å²) in [6.07, 6.45) is -0.106. The summed E-state index contributed by atoms with van der Waals surface area (Å²) in [6, 6.07) is 6.25. The van der Waals surface area contributed by atoms with Gasteiger partial charge in [-0.1, -0.05) is 24.3 Å².